The largest absolute Gasteiger partial charge is 0.448 e. The zero-order chi connectivity index (χ0) is 13.7. The molecule has 0 amide bonds. The van der Waals surface area contributed by atoms with Crippen LogP contribution in [0.4, 0.5) is 0 Å². The molecule has 20 heavy (non-hydrogen) atoms. The topological polar surface area (TPSA) is 43.4 Å². The molecule has 2 aliphatic rings. The van der Waals surface area contributed by atoms with Crippen LogP contribution in [-0.4, -0.2) is 11.8 Å². The van der Waals surface area contributed by atoms with Crippen LogP contribution in [0.2, 0.25) is 0 Å². The summed E-state index contributed by atoms with van der Waals surface area (Å²) in [6, 6.07) is 17.0. The van der Waals surface area contributed by atoms with E-state index in [1.165, 1.54) is 0 Å². The first-order chi connectivity index (χ1) is 9.73. The van der Waals surface area contributed by atoms with E-state index in [4.69, 9.17) is 4.74 Å². The molecule has 1 aliphatic heterocycles. The molecule has 0 spiro atoms. The molecule has 1 fully saturated rings. The number of hydrogen-bond acceptors (Lipinski definition) is 3. The number of ether oxygens (including phenoxy) is 1. The maximum atomic E-state index is 12.6. The fourth-order valence-electron chi connectivity index (χ4n) is 3.43. The summed E-state index contributed by atoms with van der Waals surface area (Å²) in [4.78, 5) is 24.4. The van der Waals surface area contributed by atoms with Crippen molar-refractivity contribution in [1.82, 2.24) is 0 Å². The van der Waals surface area contributed by atoms with Crippen LogP contribution in [0.25, 0.3) is 0 Å². The molecular weight excluding hydrogens is 252 g/mol. The number of carbonyl (C=O) groups excluding carboxylic acids is 2. The Labute approximate surface area is 116 Å². The first kappa shape index (κ1) is 11.4. The third kappa shape index (κ3) is 1.24. The van der Waals surface area contributed by atoms with Gasteiger partial charge in [-0.15, -0.1) is 0 Å². The Balaban J connectivity index is 2.04. The Morgan fingerprint density at radius 3 is 2.45 bits per heavy atom. The Morgan fingerprint density at radius 1 is 0.950 bits per heavy atom. The number of ketones is 1. The van der Waals surface area contributed by atoms with E-state index in [2.05, 4.69) is 0 Å². The average Bonchev–Trinajstić information content (AvgIpc) is 2.95. The van der Waals surface area contributed by atoms with Gasteiger partial charge in [0.15, 0.2) is 11.4 Å². The van der Waals surface area contributed by atoms with Gasteiger partial charge in [-0.3, -0.25) is 9.59 Å². The van der Waals surface area contributed by atoms with Crippen LogP contribution < -0.4 is 0 Å². The Kier molecular flexibility index (Phi) is 2.16. The van der Waals surface area contributed by atoms with Crippen LogP contribution in [0.3, 0.4) is 0 Å². The molecule has 0 unspecified atom stereocenters. The number of esters is 1. The van der Waals surface area contributed by atoms with Gasteiger partial charge in [-0.1, -0.05) is 54.6 Å². The molecule has 2 aromatic rings. The third-order valence-corrected chi connectivity index (χ3v) is 4.25. The Bertz CT molecular complexity index is 720. The van der Waals surface area contributed by atoms with Gasteiger partial charge in [0.2, 0.25) is 0 Å². The minimum Gasteiger partial charge on any atom is -0.448 e. The molecule has 0 saturated carbocycles. The number of carbonyl (C=O) groups is 2. The van der Waals surface area contributed by atoms with E-state index >= 15 is 0 Å². The van der Waals surface area contributed by atoms with E-state index in [0.29, 0.717) is 5.56 Å². The second kappa shape index (κ2) is 3.79. The summed E-state index contributed by atoms with van der Waals surface area (Å²) in [7, 11) is 0. The van der Waals surface area contributed by atoms with Gasteiger partial charge in [-0.2, -0.15) is 0 Å². The summed E-state index contributed by atoms with van der Waals surface area (Å²) >= 11 is 0. The van der Waals surface area contributed by atoms with Gasteiger partial charge in [-0.25, -0.2) is 0 Å². The van der Waals surface area contributed by atoms with Crippen LogP contribution in [0, 0.1) is 5.92 Å². The number of fused-ring (bicyclic) bond motifs is 3. The molecule has 2 atom stereocenters. The summed E-state index contributed by atoms with van der Waals surface area (Å²) in [6.07, 6.45) is 0.155. The van der Waals surface area contributed by atoms with E-state index in [9.17, 15) is 9.59 Å². The normalized spacial score (nSPS) is 27.1. The van der Waals surface area contributed by atoms with Crippen molar-refractivity contribution in [2.75, 3.05) is 0 Å². The maximum absolute atomic E-state index is 12.6. The number of benzene rings is 2. The van der Waals surface area contributed by atoms with Gasteiger partial charge in [0.1, 0.15) is 0 Å². The molecule has 0 aromatic heterocycles. The minimum atomic E-state index is -0.925. The molecule has 2 aromatic carbocycles. The summed E-state index contributed by atoms with van der Waals surface area (Å²) in [6.45, 7) is 0. The summed E-state index contributed by atoms with van der Waals surface area (Å²) in [5, 5.41) is 0. The van der Waals surface area contributed by atoms with Gasteiger partial charge >= 0.3 is 5.97 Å². The highest BCUT2D eigenvalue weighted by atomic mass is 16.6. The van der Waals surface area contributed by atoms with Crippen molar-refractivity contribution in [3.05, 3.63) is 71.3 Å². The quantitative estimate of drug-likeness (QED) is 0.744. The fourth-order valence-corrected chi connectivity index (χ4v) is 3.43. The predicted octanol–water partition coefficient (Wildman–Crippen LogP) is 2.69. The Morgan fingerprint density at radius 2 is 1.65 bits per heavy atom. The molecule has 0 radical (unpaired) electrons. The number of Topliss-reactive ketones (excluding diaryl/α,β-unsaturated/α-hetero) is 1. The van der Waals surface area contributed by atoms with Crippen LogP contribution in [-0.2, 0) is 15.1 Å². The van der Waals surface area contributed by atoms with Crippen molar-refractivity contribution in [2.45, 2.75) is 12.0 Å². The lowest BCUT2D eigenvalue weighted by Gasteiger charge is -2.28. The first-order valence-electron chi connectivity index (χ1n) is 6.64. The zero-order valence-corrected chi connectivity index (χ0v) is 10.7. The van der Waals surface area contributed by atoms with Crippen molar-refractivity contribution in [2.24, 2.45) is 5.92 Å². The lowest BCUT2D eigenvalue weighted by Crippen LogP contribution is -2.31. The first-order valence-corrected chi connectivity index (χ1v) is 6.64. The molecule has 0 bridgehead atoms. The molecule has 4 rings (SSSR count). The van der Waals surface area contributed by atoms with E-state index in [1.807, 2.05) is 54.6 Å². The van der Waals surface area contributed by atoms with Crippen molar-refractivity contribution in [3.8, 4) is 0 Å². The number of rotatable bonds is 1. The van der Waals surface area contributed by atoms with Crippen molar-refractivity contribution in [3.63, 3.8) is 0 Å². The second-order valence-electron chi connectivity index (χ2n) is 5.24. The zero-order valence-electron chi connectivity index (χ0n) is 10.7. The highest BCUT2D eigenvalue weighted by Gasteiger charge is 2.60. The SMILES string of the molecule is O=C1C[C@@H]2C(=O)c3ccccc3[C@]2(c2ccccc2)O1. The van der Waals surface area contributed by atoms with Crippen molar-refractivity contribution < 1.29 is 14.3 Å². The second-order valence-corrected chi connectivity index (χ2v) is 5.24. The van der Waals surface area contributed by atoms with Crippen molar-refractivity contribution in [1.29, 1.82) is 0 Å². The molecular formula is C17H12O3. The monoisotopic (exact) mass is 264 g/mol. The van der Waals surface area contributed by atoms with Crippen LogP contribution >= 0.6 is 0 Å². The highest BCUT2D eigenvalue weighted by molar-refractivity contribution is 6.07. The molecule has 1 saturated heterocycles. The molecule has 1 heterocycles. The lowest BCUT2D eigenvalue weighted by atomic mass is 9.81. The molecule has 98 valence electrons. The molecule has 1 aliphatic carbocycles. The lowest BCUT2D eigenvalue weighted by molar-refractivity contribution is -0.146. The highest BCUT2D eigenvalue weighted by Crippen LogP contribution is 2.53. The summed E-state index contributed by atoms with van der Waals surface area (Å²) in [5.74, 6) is -0.730. The van der Waals surface area contributed by atoms with Gasteiger partial charge in [0, 0.05) is 16.7 Å². The van der Waals surface area contributed by atoms with Crippen molar-refractivity contribution >= 4 is 11.8 Å². The molecule has 3 heteroatoms. The van der Waals surface area contributed by atoms with E-state index in [1.54, 1.807) is 0 Å². The maximum Gasteiger partial charge on any atom is 0.307 e. The molecule has 3 nitrogen and oxygen atoms in total. The summed E-state index contributed by atoms with van der Waals surface area (Å²) < 4.78 is 5.70. The van der Waals surface area contributed by atoms with Crippen LogP contribution in [0.15, 0.2) is 54.6 Å². The van der Waals surface area contributed by atoms with Gasteiger partial charge < -0.3 is 4.74 Å². The van der Waals surface area contributed by atoms with Gasteiger partial charge in [0.25, 0.3) is 0 Å². The van der Waals surface area contributed by atoms with E-state index in [-0.39, 0.29) is 18.2 Å². The van der Waals surface area contributed by atoms with Crippen LogP contribution in [0.1, 0.15) is 27.9 Å². The van der Waals surface area contributed by atoms with E-state index in [0.717, 1.165) is 11.1 Å². The Hall–Kier alpha value is -2.42. The summed E-state index contributed by atoms with van der Waals surface area (Å²) in [5.41, 5.74) is 1.43. The predicted molar refractivity (Wildman–Crippen MR) is 72.2 cm³/mol. The van der Waals surface area contributed by atoms with Gasteiger partial charge in [0.05, 0.1) is 12.3 Å². The third-order valence-electron chi connectivity index (χ3n) is 4.25. The average molecular weight is 264 g/mol. The smallest absolute Gasteiger partial charge is 0.307 e. The van der Waals surface area contributed by atoms with Crippen LogP contribution in [0.5, 0.6) is 0 Å². The standard InChI is InChI=1S/C17H12O3/c18-15-10-14-16(19)12-8-4-5-9-13(12)17(14,20-15)11-6-2-1-3-7-11/h1-9,14H,10H2/t14-,17+/m1/s1. The van der Waals surface area contributed by atoms with Gasteiger partial charge in [-0.05, 0) is 0 Å². The number of hydrogen-bond donors (Lipinski definition) is 0. The molecule has 0 N–H and O–H groups in total. The fraction of sp³-hybridized carbons (Fsp3) is 0.176. The van der Waals surface area contributed by atoms with E-state index < -0.39 is 11.5 Å². The minimum absolute atomic E-state index is 0.00954.